The molecule has 0 aliphatic rings. The van der Waals surface area contributed by atoms with Gasteiger partial charge in [-0.1, -0.05) is 0 Å². The van der Waals surface area contributed by atoms with Gasteiger partial charge < -0.3 is 25.7 Å². The largest absolute Gasteiger partial charge is 1.00 e. The Labute approximate surface area is 149 Å². The predicted octanol–water partition coefficient (Wildman–Crippen LogP) is -1.48. The van der Waals surface area contributed by atoms with Gasteiger partial charge in [0.15, 0.2) is 12.4 Å². The molecule has 0 amide bonds. The van der Waals surface area contributed by atoms with E-state index in [1.165, 1.54) is 34.0 Å². The maximum absolute atomic E-state index is 11.3. The number of rotatable bonds is 3. The monoisotopic (exact) mass is 337 g/mol. The summed E-state index contributed by atoms with van der Waals surface area (Å²) in [5, 5.41) is 38.5. The first-order valence-electron chi connectivity index (χ1n) is 5.03. The smallest absolute Gasteiger partial charge is 0.618 e. The van der Waals surface area contributed by atoms with E-state index in [1.54, 1.807) is 36.4 Å². The van der Waals surface area contributed by atoms with Gasteiger partial charge in [-0.05, 0) is 12.1 Å². The average Bonchev–Trinajstić information content (AvgIpc) is 2.39. The zero-order valence-corrected chi connectivity index (χ0v) is 14.5. The van der Waals surface area contributed by atoms with Crippen LogP contribution in [0.15, 0.2) is 58.8 Å². The van der Waals surface area contributed by atoms with Crippen LogP contribution < -0.4 is 39.0 Å². The Hall–Kier alpha value is -1.20. The van der Waals surface area contributed by atoms with Crippen molar-refractivity contribution in [3.05, 3.63) is 74.5 Å². The van der Waals surface area contributed by atoms with Gasteiger partial charge in [-0.3, -0.25) is 0 Å². The van der Waals surface area contributed by atoms with Gasteiger partial charge in [-0.25, -0.2) is 0 Å². The van der Waals surface area contributed by atoms with E-state index in [0.717, 1.165) is 9.46 Å². The second-order valence-electron chi connectivity index (χ2n) is 3.12. The molecule has 2 aromatic heterocycles. The second-order valence-corrected chi connectivity index (χ2v) is 5.29. The molecule has 2 rings (SSSR count). The molecule has 0 aromatic carbocycles. The molecule has 0 saturated heterocycles. The topological polar surface area (TPSA) is 120 Å². The summed E-state index contributed by atoms with van der Waals surface area (Å²) in [6, 6.07) is 10.3. The Balaban J connectivity index is 0.000000715. The number of pyridine rings is 2. The van der Waals surface area contributed by atoms with E-state index in [9.17, 15) is 10.4 Å². The molecule has 11 heteroatoms. The van der Waals surface area contributed by atoms with Crippen LogP contribution in [0.3, 0.4) is 0 Å². The van der Waals surface area contributed by atoms with Gasteiger partial charge in [0.25, 0.3) is 10.1 Å². The summed E-state index contributed by atoms with van der Waals surface area (Å²) in [5.74, 6) is 0. The molecular weight excluding hydrogens is 329 g/mol. The second kappa shape index (κ2) is 10.5. The SMILES string of the molecule is O=[N+]([O-])[O-].[Na+].[O-][n+]1ccccc1SSc1cccc[n+]1[O-]. The van der Waals surface area contributed by atoms with Crippen molar-refractivity contribution in [3.63, 3.8) is 0 Å². The zero-order chi connectivity index (χ0) is 15.0. The summed E-state index contributed by atoms with van der Waals surface area (Å²) in [5.41, 5.74) is 0. The third-order valence-electron chi connectivity index (χ3n) is 1.79. The molecule has 2 heterocycles. The summed E-state index contributed by atoms with van der Waals surface area (Å²) in [6.45, 7) is 0. The summed E-state index contributed by atoms with van der Waals surface area (Å²) < 4.78 is 1.55. The van der Waals surface area contributed by atoms with Crippen molar-refractivity contribution in [3.8, 4) is 0 Å². The number of aromatic nitrogens is 2. The molecule has 0 radical (unpaired) electrons. The molecule has 0 aliphatic carbocycles. The van der Waals surface area contributed by atoms with Crippen molar-refractivity contribution >= 4 is 21.6 Å². The van der Waals surface area contributed by atoms with Crippen LogP contribution in [-0.4, -0.2) is 5.09 Å². The molecule has 0 N–H and O–H groups in total. The van der Waals surface area contributed by atoms with E-state index in [0.29, 0.717) is 10.1 Å². The van der Waals surface area contributed by atoms with Crippen molar-refractivity contribution in [2.24, 2.45) is 0 Å². The van der Waals surface area contributed by atoms with Crippen molar-refractivity contribution in [2.75, 3.05) is 0 Å². The van der Waals surface area contributed by atoms with Crippen LogP contribution in [0.1, 0.15) is 0 Å². The van der Waals surface area contributed by atoms with Crippen molar-refractivity contribution < 1.29 is 44.1 Å². The Morgan fingerprint density at radius 2 is 1.19 bits per heavy atom. The number of hydrogen-bond donors (Lipinski definition) is 0. The van der Waals surface area contributed by atoms with Gasteiger partial charge in [-0.15, -0.1) is 0 Å². The Bertz CT molecular complexity index is 541. The van der Waals surface area contributed by atoms with Crippen LogP contribution in [-0.2, 0) is 0 Å². The first kappa shape index (κ1) is 19.8. The third-order valence-corrected chi connectivity index (χ3v) is 4.12. The van der Waals surface area contributed by atoms with Crippen molar-refractivity contribution in [1.29, 1.82) is 0 Å². The zero-order valence-electron chi connectivity index (χ0n) is 10.8. The van der Waals surface area contributed by atoms with E-state index in [4.69, 9.17) is 15.3 Å². The van der Waals surface area contributed by atoms with Crippen LogP contribution in [0.5, 0.6) is 0 Å². The molecule has 0 atom stereocenters. The van der Waals surface area contributed by atoms with Crippen molar-refractivity contribution in [2.45, 2.75) is 10.1 Å². The molecule has 21 heavy (non-hydrogen) atoms. The summed E-state index contributed by atoms with van der Waals surface area (Å²) in [6.07, 6.45) is 2.86. The van der Waals surface area contributed by atoms with Gasteiger partial charge >= 0.3 is 29.6 Å². The molecular formula is C10H8N3NaO5S2. The van der Waals surface area contributed by atoms with E-state index < -0.39 is 5.09 Å². The summed E-state index contributed by atoms with van der Waals surface area (Å²) >= 11 is 0. The number of hydrogen-bond acceptors (Lipinski definition) is 7. The summed E-state index contributed by atoms with van der Waals surface area (Å²) in [4.78, 5) is 8.25. The quantitative estimate of drug-likeness (QED) is 0.167. The summed E-state index contributed by atoms with van der Waals surface area (Å²) in [7, 11) is 2.52. The van der Waals surface area contributed by atoms with E-state index >= 15 is 0 Å². The Morgan fingerprint density at radius 3 is 1.48 bits per heavy atom. The van der Waals surface area contributed by atoms with Crippen LogP contribution in [0.4, 0.5) is 0 Å². The minimum absolute atomic E-state index is 0. The molecule has 0 fully saturated rings. The number of nitrogens with zero attached hydrogens (tertiary/aromatic N) is 3. The maximum Gasteiger partial charge on any atom is 1.00 e. The molecule has 0 spiro atoms. The fraction of sp³-hybridized carbons (Fsp3) is 0. The van der Waals surface area contributed by atoms with Crippen LogP contribution in [0.25, 0.3) is 0 Å². The molecule has 2 aromatic rings. The minimum Gasteiger partial charge on any atom is -0.618 e. The van der Waals surface area contributed by atoms with E-state index in [1.807, 2.05) is 0 Å². The van der Waals surface area contributed by atoms with Gasteiger partial charge in [-0.2, -0.15) is 9.46 Å². The van der Waals surface area contributed by atoms with Crippen LogP contribution >= 0.6 is 21.6 Å². The normalized spacial score (nSPS) is 8.95. The fourth-order valence-corrected chi connectivity index (χ4v) is 3.03. The Kier molecular flexibility index (Phi) is 9.91. The van der Waals surface area contributed by atoms with E-state index in [-0.39, 0.29) is 29.6 Å². The first-order chi connectivity index (χ1) is 9.50. The van der Waals surface area contributed by atoms with Gasteiger partial charge in [0.1, 0.15) is 0 Å². The molecule has 0 bridgehead atoms. The van der Waals surface area contributed by atoms with Gasteiger partial charge in [0.05, 0.1) is 5.09 Å². The van der Waals surface area contributed by atoms with Crippen molar-refractivity contribution in [1.82, 2.24) is 0 Å². The van der Waals surface area contributed by atoms with Gasteiger partial charge in [0.2, 0.25) is 0 Å². The minimum atomic E-state index is -1.75. The van der Waals surface area contributed by atoms with E-state index in [2.05, 4.69) is 0 Å². The molecule has 8 nitrogen and oxygen atoms in total. The molecule has 106 valence electrons. The van der Waals surface area contributed by atoms with Crippen LogP contribution in [0.2, 0.25) is 0 Å². The standard InChI is InChI=1S/C10H8N2O2S2.NO3.Na/c13-11-7-3-1-5-9(11)15-16-10-6-2-4-8-12(10)14;2-1(3)4;/h1-8H;;/q;-1;+1. The first-order valence-corrected chi connectivity index (χ1v) is 7.18. The molecule has 0 unspecified atom stereocenters. The fourth-order valence-electron chi connectivity index (χ4n) is 1.04. The maximum atomic E-state index is 11.3. The predicted molar refractivity (Wildman–Crippen MR) is 72.9 cm³/mol. The average molecular weight is 337 g/mol. The van der Waals surface area contributed by atoms with Gasteiger partial charge in [0, 0.05) is 45.9 Å². The third kappa shape index (κ3) is 7.97. The molecule has 0 aliphatic heterocycles. The van der Waals surface area contributed by atoms with Crippen LogP contribution in [0, 0.1) is 25.7 Å². The Morgan fingerprint density at radius 1 is 0.857 bits per heavy atom. The molecule has 0 saturated carbocycles.